The van der Waals surface area contributed by atoms with Crippen molar-refractivity contribution in [2.45, 2.75) is 57.6 Å². The molecule has 0 aromatic heterocycles. The van der Waals surface area contributed by atoms with Crippen LogP contribution in [0.25, 0.3) is 0 Å². The summed E-state index contributed by atoms with van der Waals surface area (Å²) in [5, 5.41) is 0. The van der Waals surface area contributed by atoms with Crippen molar-refractivity contribution >= 4 is 0 Å². The zero-order valence-electron chi connectivity index (χ0n) is 9.46. The van der Waals surface area contributed by atoms with E-state index in [0.29, 0.717) is 6.04 Å². The second-order valence-corrected chi connectivity index (χ2v) is 5.39. The molecular formula is C12H23NO. The van der Waals surface area contributed by atoms with Crippen LogP contribution in [0.1, 0.15) is 46.0 Å². The monoisotopic (exact) mass is 197 g/mol. The molecule has 2 aliphatic rings. The van der Waals surface area contributed by atoms with Gasteiger partial charge in [-0.2, -0.15) is 0 Å². The van der Waals surface area contributed by atoms with Gasteiger partial charge in [0, 0.05) is 12.6 Å². The van der Waals surface area contributed by atoms with E-state index in [0.717, 1.165) is 24.9 Å². The first kappa shape index (κ1) is 10.4. The first-order valence-electron chi connectivity index (χ1n) is 6.03. The molecule has 1 aliphatic heterocycles. The lowest BCUT2D eigenvalue weighted by Gasteiger charge is -2.40. The second-order valence-electron chi connectivity index (χ2n) is 5.39. The van der Waals surface area contributed by atoms with Crippen molar-refractivity contribution in [3.05, 3.63) is 0 Å². The lowest BCUT2D eigenvalue weighted by Crippen LogP contribution is -2.47. The molecule has 2 rings (SSSR count). The minimum absolute atomic E-state index is 0.0748. The lowest BCUT2D eigenvalue weighted by molar-refractivity contribution is -0.0467. The summed E-state index contributed by atoms with van der Waals surface area (Å²) >= 11 is 0. The molecule has 0 amide bonds. The molecule has 0 bridgehead atoms. The Morgan fingerprint density at radius 2 is 1.86 bits per heavy atom. The minimum Gasteiger partial charge on any atom is -0.373 e. The van der Waals surface area contributed by atoms with E-state index < -0.39 is 0 Å². The van der Waals surface area contributed by atoms with Crippen LogP contribution in [0.4, 0.5) is 0 Å². The van der Waals surface area contributed by atoms with Gasteiger partial charge in [0.15, 0.2) is 0 Å². The average Bonchev–Trinajstić information content (AvgIpc) is 2.49. The van der Waals surface area contributed by atoms with Gasteiger partial charge in [-0.15, -0.1) is 0 Å². The molecule has 2 fully saturated rings. The topological polar surface area (TPSA) is 35.2 Å². The fourth-order valence-electron chi connectivity index (χ4n) is 3.07. The SMILES string of the molecule is CC(C)C1CCC2(CC1)OCCC2N. The summed E-state index contributed by atoms with van der Waals surface area (Å²) < 4.78 is 5.90. The summed E-state index contributed by atoms with van der Waals surface area (Å²) in [6.45, 7) is 5.55. The van der Waals surface area contributed by atoms with Crippen molar-refractivity contribution in [1.82, 2.24) is 0 Å². The van der Waals surface area contributed by atoms with Gasteiger partial charge in [0.25, 0.3) is 0 Å². The maximum atomic E-state index is 6.14. The Labute approximate surface area is 87.2 Å². The lowest BCUT2D eigenvalue weighted by atomic mass is 9.72. The highest BCUT2D eigenvalue weighted by atomic mass is 16.5. The normalized spacial score (nSPS) is 43.7. The predicted octanol–water partition coefficient (Wildman–Crippen LogP) is 2.32. The van der Waals surface area contributed by atoms with Crippen LogP contribution in [0.2, 0.25) is 0 Å². The van der Waals surface area contributed by atoms with Crippen LogP contribution < -0.4 is 5.73 Å². The molecule has 0 aromatic carbocycles. The van der Waals surface area contributed by atoms with E-state index in [2.05, 4.69) is 13.8 Å². The Bertz CT molecular complexity index is 194. The van der Waals surface area contributed by atoms with E-state index in [9.17, 15) is 0 Å². The van der Waals surface area contributed by atoms with Crippen LogP contribution in [0.15, 0.2) is 0 Å². The van der Waals surface area contributed by atoms with Gasteiger partial charge >= 0.3 is 0 Å². The van der Waals surface area contributed by atoms with Gasteiger partial charge in [-0.25, -0.2) is 0 Å². The molecule has 82 valence electrons. The summed E-state index contributed by atoms with van der Waals surface area (Å²) in [6.07, 6.45) is 6.07. The molecular weight excluding hydrogens is 174 g/mol. The maximum absolute atomic E-state index is 6.14. The number of nitrogens with two attached hydrogens (primary N) is 1. The van der Waals surface area contributed by atoms with Crippen molar-refractivity contribution in [2.24, 2.45) is 17.6 Å². The van der Waals surface area contributed by atoms with Crippen molar-refractivity contribution < 1.29 is 4.74 Å². The Balaban J connectivity index is 1.94. The van der Waals surface area contributed by atoms with Gasteiger partial charge in [-0.05, 0) is 43.9 Å². The molecule has 1 unspecified atom stereocenters. The predicted molar refractivity (Wildman–Crippen MR) is 58.1 cm³/mol. The molecule has 1 saturated carbocycles. The third-order valence-corrected chi connectivity index (χ3v) is 4.31. The van der Waals surface area contributed by atoms with Crippen LogP contribution >= 0.6 is 0 Å². The van der Waals surface area contributed by atoms with Crippen molar-refractivity contribution in [3.63, 3.8) is 0 Å². The molecule has 1 aliphatic carbocycles. The zero-order chi connectivity index (χ0) is 10.2. The molecule has 1 saturated heterocycles. The van der Waals surface area contributed by atoms with E-state index in [1.807, 2.05) is 0 Å². The smallest absolute Gasteiger partial charge is 0.0833 e. The molecule has 1 spiro atoms. The fourth-order valence-corrected chi connectivity index (χ4v) is 3.07. The third-order valence-electron chi connectivity index (χ3n) is 4.31. The summed E-state index contributed by atoms with van der Waals surface area (Å²) in [4.78, 5) is 0. The Morgan fingerprint density at radius 1 is 1.21 bits per heavy atom. The van der Waals surface area contributed by atoms with Gasteiger partial charge < -0.3 is 10.5 Å². The standard InChI is InChI=1S/C12H23NO/c1-9(2)10-3-6-12(7-4-10)11(13)5-8-14-12/h9-11H,3-8,13H2,1-2H3. The van der Waals surface area contributed by atoms with E-state index in [1.54, 1.807) is 0 Å². The van der Waals surface area contributed by atoms with E-state index >= 15 is 0 Å². The maximum Gasteiger partial charge on any atom is 0.0833 e. The third kappa shape index (κ3) is 1.70. The van der Waals surface area contributed by atoms with Crippen molar-refractivity contribution in [3.8, 4) is 0 Å². The number of hydrogen-bond acceptors (Lipinski definition) is 2. The zero-order valence-corrected chi connectivity index (χ0v) is 9.46. The van der Waals surface area contributed by atoms with Gasteiger partial charge in [-0.3, -0.25) is 0 Å². The molecule has 2 nitrogen and oxygen atoms in total. The van der Waals surface area contributed by atoms with Crippen molar-refractivity contribution in [2.75, 3.05) is 6.61 Å². The average molecular weight is 197 g/mol. The Hall–Kier alpha value is -0.0800. The molecule has 14 heavy (non-hydrogen) atoms. The highest BCUT2D eigenvalue weighted by Gasteiger charge is 2.44. The van der Waals surface area contributed by atoms with Gasteiger partial charge in [0.2, 0.25) is 0 Å². The summed E-state index contributed by atoms with van der Waals surface area (Å²) in [5.74, 6) is 1.72. The van der Waals surface area contributed by atoms with Gasteiger partial charge in [0.1, 0.15) is 0 Å². The largest absolute Gasteiger partial charge is 0.373 e. The van der Waals surface area contributed by atoms with Crippen LogP contribution in [-0.4, -0.2) is 18.2 Å². The fraction of sp³-hybridized carbons (Fsp3) is 1.00. The number of rotatable bonds is 1. The molecule has 2 heteroatoms. The molecule has 0 radical (unpaired) electrons. The van der Waals surface area contributed by atoms with Crippen LogP contribution in [-0.2, 0) is 4.74 Å². The Morgan fingerprint density at radius 3 is 2.29 bits per heavy atom. The highest BCUT2D eigenvalue weighted by Crippen LogP contribution is 2.42. The van der Waals surface area contributed by atoms with Crippen molar-refractivity contribution in [1.29, 1.82) is 0 Å². The first-order valence-corrected chi connectivity index (χ1v) is 6.03. The van der Waals surface area contributed by atoms with Gasteiger partial charge in [0.05, 0.1) is 5.60 Å². The second kappa shape index (κ2) is 3.82. The van der Waals surface area contributed by atoms with Crippen LogP contribution in [0.5, 0.6) is 0 Å². The molecule has 1 heterocycles. The van der Waals surface area contributed by atoms with E-state index in [-0.39, 0.29) is 5.60 Å². The first-order chi connectivity index (χ1) is 6.64. The van der Waals surface area contributed by atoms with Gasteiger partial charge in [-0.1, -0.05) is 13.8 Å². The van der Waals surface area contributed by atoms with E-state index in [1.165, 1.54) is 25.7 Å². The summed E-state index contributed by atoms with van der Waals surface area (Å²) in [7, 11) is 0. The number of ether oxygens (including phenoxy) is 1. The summed E-state index contributed by atoms with van der Waals surface area (Å²) in [5.41, 5.74) is 6.22. The molecule has 2 N–H and O–H groups in total. The minimum atomic E-state index is 0.0748. The Kier molecular flexibility index (Phi) is 2.85. The molecule has 0 aromatic rings. The highest BCUT2D eigenvalue weighted by molar-refractivity contribution is 4.99. The van der Waals surface area contributed by atoms with Crippen LogP contribution in [0.3, 0.4) is 0 Å². The quantitative estimate of drug-likeness (QED) is 0.700. The number of hydrogen-bond donors (Lipinski definition) is 1. The van der Waals surface area contributed by atoms with Crippen LogP contribution in [0, 0.1) is 11.8 Å². The molecule has 1 atom stereocenters. The summed E-state index contributed by atoms with van der Waals surface area (Å²) in [6, 6.07) is 0.301. The van der Waals surface area contributed by atoms with E-state index in [4.69, 9.17) is 10.5 Å².